The number of benzene rings is 1. The smallest absolute Gasteiger partial charge is 0.322 e. The second-order valence-corrected chi connectivity index (χ2v) is 5.18. The van der Waals surface area contributed by atoms with E-state index in [0.29, 0.717) is 5.69 Å². The van der Waals surface area contributed by atoms with Crippen molar-refractivity contribution in [3.05, 3.63) is 30.1 Å². The fourth-order valence-corrected chi connectivity index (χ4v) is 2.01. The van der Waals surface area contributed by atoms with Gasteiger partial charge in [-0.1, -0.05) is 0 Å². The van der Waals surface area contributed by atoms with Crippen LogP contribution in [0.15, 0.2) is 24.3 Å². The molecule has 1 heterocycles. The highest BCUT2D eigenvalue weighted by Crippen LogP contribution is 2.10. The predicted octanol–water partition coefficient (Wildman–Crippen LogP) is 0.684. The van der Waals surface area contributed by atoms with Gasteiger partial charge in [0.15, 0.2) is 6.10 Å². The number of rotatable bonds is 6. The molecule has 0 saturated carbocycles. The van der Waals surface area contributed by atoms with E-state index in [4.69, 9.17) is 4.74 Å². The SMILES string of the molecule is C[C@@H](OC(=O)CC[C@@H]1NC(=O)NC1=O)C(=O)Nc1ccc(F)cc1. The third-order valence-corrected chi connectivity index (χ3v) is 3.28. The Kier molecular flexibility index (Phi) is 5.46. The van der Waals surface area contributed by atoms with Crippen LogP contribution in [-0.4, -0.2) is 36.0 Å². The van der Waals surface area contributed by atoms with Crippen molar-refractivity contribution in [2.45, 2.75) is 31.9 Å². The molecule has 0 radical (unpaired) electrons. The van der Waals surface area contributed by atoms with Gasteiger partial charge in [-0.3, -0.25) is 19.7 Å². The van der Waals surface area contributed by atoms with E-state index in [0.717, 1.165) is 0 Å². The Morgan fingerprint density at radius 2 is 1.96 bits per heavy atom. The molecule has 0 aromatic heterocycles. The van der Waals surface area contributed by atoms with Crippen molar-refractivity contribution in [3.63, 3.8) is 0 Å². The molecule has 1 saturated heterocycles. The zero-order valence-corrected chi connectivity index (χ0v) is 12.8. The molecule has 8 nitrogen and oxygen atoms in total. The second-order valence-electron chi connectivity index (χ2n) is 5.18. The molecular formula is C15H16FN3O5. The lowest BCUT2D eigenvalue weighted by Gasteiger charge is -2.14. The summed E-state index contributed by atoms with van der Waals surface area (Å²) in [4.78, 5) is 45.8. The topological polar surface area (TPSA) is 114 Å². The van der Waals surface area contributed by atoms with Crippen LogP contribution >= 0.6 is 0 Å². The highest BCUT2D eigenvalue weighted by molar-refractivity contribution is 6.04. The summed E-state index contributed by atoms with van der Waals surface area (Å²) in [5, 5.41) is 6.88. The zero-order chi connectivity index (χ0) is 17.7. The highest BCUT2D eigenvalue weighted by atomic mass is 19.1. The molecule has 0 spiro atoms. The molecule has 1 aliphatic heterocycles. The number of anilines is 1. The van der Waals surface area contributed by atoms with Crippen LogP contribution < -0.4 is 16.0 Å². The van der Waals surface area contributed by atoms with E-state index >= 15 is 0 Å². The van der Waals surface area contributed by atoms with Crippen LogP contribution in [0.4, 0.5) is 14.9 Å². The predicted molar refractivity (Wildman–Crippen MR) is 80.3 cm³/mol. The molecule has 2 atom stereocenters. The second kappa shape index (κ2) is 7.53. The van der Waals surface area contributed by atoms with Crippen LogP contribution in [-0.2, 0) is 19.1 Å². The first-order valence-electron chi connectivity index (χ1n) is 7.22. The Bertz CT molecular complexity index is 662. The van der Waals surface area contributed by atoms with Crippen LogP contribution in [0.3, 0.4) is 0 Å². The van der Waals surface area contributed by atoms with Crippen molar-refractivity contribution in [1.82, 2.24) is 10.6 Å². The molecule has 24 heavy (non-hydrogen) atoms. The van der Waals surface area contributed by atoms with Gasteiger partial charge in [-0.2, -0.15) is 0 Å². The summed E-state index contributed by atoms with van der Waals surface area (Å²) >= 11 is 0. The van der Waals surface area contributed by atoms with Gasteiger partial charge in [-0.25, -0.2) is 9.18 Å². The van der Waals surface area contributed by atoms with E-state index < -0.39 is 41.8 Å². The average molecular weight is 337 g/mol. The molecule has 2 rings (SSSR count). The molecular weight excluding hydrogens is 321 g/mol. The van der Waals surface area contributed by atoms with Crippen LogP contribution in [0, 0.1) is 5.82 Å². The summed E-state index contributed by atoms with van der Waals surface area (Å²) in [7, 11) is 0. The van der Waals surface area contributed by atoms with Crippen LogP contribution in [0.2, 0.25) is 0 Å². The maximum Gasteiger partial charge on any atom is 0.322 e. The molecule has 128 valence electrons. The Morgan fingerprint density at radius 1 is 1.29 bits per heavy atom. The molecule has 0 unspecified atom stereocenters. The van der Waals surface area contributed by atoms with Crippen LogP contribution in [0.1, 0.15) is 19.8 Å². The fraction of sp³-hybridized carbons (Fsp3) is 0.333. The molecule has 1 aromatic rings. The number of carbonyl (C=O) groups excluding carboxylic acids is 4. The first kappa shape index (κ1) is 17.4. The van der Waals surface area contributed by atoms with Crippen molar-refractivity contribution in [3.8, 4) is 0 Å². The van der Waals surface area contributed by atoms with Gasteiger partial charge < -0.3 is 15.4 Å². The van der Waals surface area contributed by atoms with E-state index in [-0.39, 0.29) is 12.8 Å². The lowest BCUT2D eigenvalue weighted by atomic mass is 10.1. The van der Waals surface area contributed by atoms with E-state index in [1.165, 1.54) is 31.2 Å². The Labute approximate surface area is 136 Å². The molecule has 1 aliphatic rings. The first-order valence-corrected chi connectivity index (χ1v) is 7.22. The number of carbonyl (C=O) groups is 4. The summed E-state index contributed by atoms with van der Waals surface area (Å²) in [5.41, 5.74) is 0.370. The lowest BCUT2D eigenvalue weighted by Crippen LogP contribution is -2.32. The summed E-state index contributed by atoms with van der Waals surface area (Å²) in [6, 6.07) is 3.74. The minimum absolute atomic E-state index is 0.0721. The van der Waals surface area contributed by atoms with Crippen molar-refractivity contribution in [2.75, 3.05) is 5.32 Å². The van der Waals surface area contributed by atoms with Crippen molar-refractivity contribution in [1.29, 1.82) is 0 Å². The third kappa shape index (κ3) is 4.77. The average Bonchev–Trinajstić information content (AvgIpc) is 2.85. The Hall–Kier alpha value is -2.97. The van der Waals surface area contributed by atoms with Gasteiger partial charge in [0.05, 0.1) is 0 Å². The third-order valence-electron chi connectivity index (χ3n) is 3.28. The number of ether oxygens (including phenoxy) is 1. The maximum atomic E-state index is 12.8. The standard InChI is InChI=1S/C15H16FN3O5/c1-8(13(21)17-10-4-2-9(16)3-5-10)24-12(20)7-6-11-14(22)19-15(23)18-11/h2-5,8,11H,6-7H2,1H3,(H,17,21)(H2,18,19,22,23)/t8-,11+/m1/s1. The van der Waals surface area contributed by atoms with Gasteiger partial charge in [-0.05, 0) is 37.6 Å². The van der Waals surface area contributed by atoms with Crippen molar-refractivity contribution in [2.24, 2.45) is 0 Å². The Balaban J connectivity index is 1.76. The summed E-state index contributed by atoms with van der Waals surface area (Å²) in [6.07, 6.45) is -1.12. The van der Waals surface area contributed by atoms with E-state index in [2.05, 4.69) is 10.6 Å². The highest BCUT2D eigenvalue weighted by Gasteiger charge is 2.30. The van der Waals surface area contributed by atoms with E-state index in [9.17, 15) is 23.6 Å². The largest absolute Gasteiger partial charge is 0.453 e. The number of esters is 1. The molecule has 0 aliphatic carbocycles. The number of amides is 4. The minimum atomic E-state index is -1.06. The minimum Gasteiger partial charge on any atom is -0.453 e. The normalized spacial score (nSPS) is 17.7. The van der Waals surface area contributed by atoms with Gasteiger partial charge in [0.1, 0.15) is 11.9 Å². The number of halogens is 1. The van der Waals surface area contributed by atoms with Gasteiger partial charge >= 0.3 is 12.0 Å². The molecule has 4 amide bonds. The number of hydrogen-bond acceptors (Lipinski definition) is 5. The summed E-state index contributed by atoms with van der Waals surface area (Å²) < 4.78 is 17.7. The van der Waals surface area contributed by atoms with Crippen molar-refractivity contribution >= 4 is 29.5 Å². The number of hydrogen-bond donors (Lipinski definition) is 3. The number of nitrogens with one attached hydrogen (secondary N) is 3. The first-order chi connectivity index (χ1) is 11.3. The van der Waals surface area contributed by atoms with Gasteiger partial charge in [0, 0.05) is 12.1 Å². The number of urea groups is 1. The van der Waals surface area contributed by atoms with Gasteiger partial charge in [0.25, 0.3) is 11.8 Å². The Morgan fingerprint density at radius 3 is 2.54 bits per heavy atom. The lowest BCUT2D eigenvalue weighted by molar-refractivity contribution is -0.153. The molecule has 1 fully saturated rings. The molecule has 9 heteroatoms. The maximum absolute atomic E-state index is 12.8. The zero-order valence-electron chi connectivity index (χ0n) is 12.8. The monoisotopic (exact) mass is 337 g/mol. The number of imide groups is 1. The summed E-state index contributed by atoms with van der Waals surface area (Å²) in [5.74, 6) is -2.18. The van der Waals surface area contributed by atoms with Gasteiger partial charge in [0.2, 0.25) is 0 Å². The quantitative estimate of drug-likeness (QED) is 0.522. The van der Waals surface area contributed by atoms with Gasteiger partial charge in [-0.15, -0.1) is 0 Å². The van der Waals surface area contributed by atoms with Crippen LogP contribution in [0.5, 0.6) is 0 Å². The summed E-state index contributed by atoms with van der Waals surface area (Å²) in [6.45, 7) is 1.39. The molecule has 1 aromatic carbocycles. The fourth-order valence-electron chi connectivity index (χ4n) is 2.01. The molecule has 0 bridgehead atoms. The van der Waals surface area contributed by atoms with Crippen molar-refractivity contribution < 1.29 is 28.3 Å². The molecule has 3 N–H and O–H groups in total. The van der Waals surface area contributed by atoms with Crippen LogP contribution in [0.25, 0.3) is 0 Å². The van der Waals surface area contributed by atoms with E-state index in [1.807, 2.05) is 5.32 Å². The van der Waals surface area contributed by atoms with E-state index in [1.54, 1.807) is 0 Å².